The zero-order valence-electron chi connectivity index (χ0n) is 6.65. The van der Waals surface area contributed by atoms with Crippen LogP contribution in [-0.4, -0.2) is 15.0 Å². The Hall–Kier alpha value is -1.71. The summed E-state index contributed by atoms with van der Waals surface area (Å²) >= 11 is 0. The summed E-state index contributed by atoms with van der Waals surface area (Å²) in [5.74, 6) is 0. The fourth-order valence-corrected chi connectivity index (χ4v) is 1.00. The number of anilines is 1. The van der Waals surface area contributed by atoms with Crippen molar-refractivity contribution in [2.45, 2.75) is 6.92 Å². The minimum absolute atomic E-state index is 0.643. The molecule has 12 heavy (non-hydrogen) atoms. The van der Waals surface area contributed by atoms with Gasteiger partial charge in [-0.25, -0.2) is 9.97 Å². The SMILES string of the molecule is Cc1nc2nccnc2cc1N. The first-order valence-corrected chi connectivity index (χ1v) is 3.61. The van der Waals surface area contributed by atoms with Gasteiger partial charge in [0.25, 0.3) is 0 Å². The van der Waals surface area contributed by atoms with Crippen LogP contribution in [0.3, 0.4) is 0 Å². The molecular weight excluding hydrogens is 152 g/mol. The van der Waals surface area contributed by atoms with Gasteiger partial charge in [-0.3, -0.25) is 4.98 Å². The number of rotatable bonds is 0. The maximum atomic E-state index is 5.66. The number of nitrogens with two attached hydrogens (primary N) is 1. The van der Waals surface area contributed by atoms with Crippen LogP contribution in [0.1, 0.15) is 5.69 Å². The molecule has 2 rings (SSSR count). The summed E-state index contributed by atoms with van der Waals surface area (Å²) in [6, 6.07) is 1.78. The van der Waals surface area contributed by atoms with Gasteiger partial charge in [0, 0.05) is 12.4 Å². The molecule has 0 unspecified atom stereocenters. The largest absolute Gasteiger partial charge is 0.397 e. The van der Waals surface area contributed by atoms with Gasteiger partial charge >= 0.3 is 0 Å². The number of nitrogen functional groups attached to an aromatic ring is 1. The van der Waals surface area contributed by atoms with Crippen LogP contribution in [0.15, 0.2) is 18.5 Å². The number of pyridine rings is 1. The topological polar surface area (TPSA) is 64.7 Å². The van der Waals surface area contributed by atoms with Crippen LogP contribution in [-0.2, 0) is 0 Å². The number of nitrogens with zero attached hydrogens (tertiary/aromatic N) is 3. The summed E-state index contributed by atoms with van der Waals surface area (Å²) in [5, 5.41) is 0. The second-order valence-corrected chi connectivity index (χ2v) is 2.56. The van der Waals surface area contributed by atoms with Crippen LogP contribution >= 0.6 is 0 Å². The van der Waals surface area contributed by atoms with Gasteiger partial charge in [-0.15, -0.1) is 0 Å². The maximum absolute atomic E-state index is 5.66. The zero-order valence-corrected chi connectivity index (χ0v) is 6.65. The van der Waals surface area contributed by atoms with Crippen LogP contribution in [0.4, 0.5) is 5.69 Å². The second kappa shape index (κ2) is 2.41. The van der Waals surface area contributed by atoms with E-state index in [1.54, 1.807) is 18.5 Å². The van der Waals surface area contributed by atoms with E-state index in [1.165, 1.54) is 0 Å². The summed E-state index contributed by atoms with van der Waals surface area (Å²) in [6.45, 7) is 1.85. The van der Waals surface area contributed by atoms with Gasteiger partial charge < -0.3 is 5.73 Å². The molecule has 0 aliphatic carbocycles. The number of hydrogen-bond donors (Lipinski definition) is 1. The van der Waals surface area contributed by atoms with Crippen LogP contribution in [0.25, 0.3) is 11.2 Å². The highest BCUT2D eigenvalue weighted by atomic mass is 14.9. The molecule has 0 aromatic carbocycles. The molecule has 2 aromatic heterocycles. The van der Waals surface area contributed by atoms with E-state index in [2.05, 4.69) is 15.0 Å². The number of aryl methyl sites for hydroxylation is 1. The fraction of sp³-hybridized carbons (Fsp3) is 0.125. The van der Waals surface area contributed by atoms with Gasteiger partial charge in [0.2, 0.25) is 0 Å². The Morgan fingerprint density at radius 1 is 1.25 bits per heavy atom. The molecule has 4 nitrogen and oxygen atoms in total. The molecule has 0 saturated carbocycles. The van der Waals surface area contributed by atoms with Gasteiger partial charge in [-0.2, -0.15) is 0 Å². The smallest absolute Gasteiger partial charge is 0.178 e. The van der Waals surface area contributed by atoms with Crippen LogP contribution in [0.2, 0.25) is 0 Å². The fourth-order valence-electron chi connectivity index (χ4n) is 1.00. The molecule has 0 aliphatic rings. The van der Waals surface area contributed by atoms with Crippen molar-refractivity contribution in [3.8, 4) is 0 Å². The first-order chi connectivity index (χ1) is 5.77. The number of fused-ring (bicyclic) bond motifs is 1. The van der Waals surface area contributed by atoms with E-state index < -0.39 is 0 Å². The van der Waals surface area contributed by atoms with Gasteiger partial charge in [-0.1, -0.05) is 0 Å². The monoisotopic (exact) mass is 160 g/mol. The van der Waals surface area contributed by atoms with Crippen molar-refractivity contribution in [2.24, 2.45) is 0 Å². The molecule has 0 fully saturated rings. The van der Waals surface area contributed by atoms with Crippen molar-refractivity contribution in [1.82, 2.24) is 15.0 Å². The summed E-state index contributed by atoms with van der Waals surface area (Å²) < 4.78 is 0. The molecule has 2 aromatic rings. The number of aromatic nitrogens is 3. The molecule has 2 N–H and O–H groups in total. The Morgan fingerprint density at radius 3 is 2.83 bits per heavy atom. The van der Waals surface area contributed by atoms with E-state index in [9.17, 15) is 0 Å². The molecule has 0 aliphatic heterocycles. The highest BCUT2D eigenvalue weighted by Gasteiger charge is 1.99. The van der Waals surface area contributed by atoms with Gasteiger partial charge in [0.05, 0.1) is 11.4 Å². The van der Waals surface area contributed by atoms with Gasteiger partial charge in [0.1, 0.15) is 5.52 Å². The Bertz CT molecular complexity index is 384. The van der Waals surface area contributed by atoms with Gasteiger partial charge in [-0.05, 0) is 13.0 Å². The predicted molar refractivity (Wildman–Crippen MR) is 46.5 cm³/mol. The lowest BCUT2D eigenvalue weighted by Crippen LogP contribution is -1.95. The Kier molecular flexibility index (Phi) is 1.40. The first kappa shape index (κ1) is 6.97. The van der Waals surface area contributed by atoms with E-state index in [1.807, 2.05) is 6.92 Å². The maximum Gasteiger partial charge on any atom is 0.178 e. The Balaban J connectivity index is 2.84. The normalized spacial score (nSPS) is 10.4. The standard InChI is InChI=1S/C8H8N4/c1-5-6(9)4-7-8(12-5)11-3-2-10-7/h2-4H,9H2,1H3. The zero-order chi connectivity index (χ0) is 8.55. The van der Waals surface area contributed by atoms with Crippen molar-refractivity contribution in [2.75, 3.05) is 5.73 Å². The molecular formula is C8H8N4. The van der Waals surface area contributed by atoms with E-state index in [0.717, 1.165) is 11.2 Å². The van der Waals surface area contributed by atoms with Crippen LogP contribution in [0, 0.1) is 6.92 Å². The van der Waals surface area contributed by atoms with E-state index >= 15 is 0 Å². The average Bonchev–Trinajstić information content (AvgIpc) is 2.07. The second-order valence-electron chi connectivity index (χ2n) is 2.56. The van der Waals surface area contributed by atoms with Crippen LogP contribution < -0.4 is 5.73 Å². The predicted octanol–water partition coefficient (Wildman–Crippen LogP) is 0.915. The third-order valence-corrected chi connectivity index (χ3v) is 1.69. The number of hydrogen-bond acceptors (Lipinski definition) is 4. The van der Waals surface area contributed by atoms with Crippen molar-refractivity contribution < 1.29 is 0 Å². The Morgan fingerprint density at radius 2 is 2.00 bits per heavy atom. The third kappa shape index (κ3) is 0.972. The van der Waals surface area contributed by atoms with Crippen molar-refractivity contribution in [3.63, 3.8) is 0 Å². The van der Waals surface area contributed by atoms with E-state index in [4.69, 9.17) is 5.73 Å². The summed E-state index contributed by atoms with van der Waals surface area (Å²) in [6.07, 6.45) is 3.24. The molecule has 0 bridgehead atoms. The average molecular weight is 160 g/mol. The highest BCUT2D eigenvalue weighted by molar-refractivity contribution is 5.74. The molecule has 0 spiro atoms. The molecule has 60 valence electrons. The quantitative estimate of drug-likeness (QED) is 0.622. The van der Waals surface area contributed by atoms with E-state index in [-0.39, 0.29) is 0 Å². The molecule has 4 heteroatoms. The summed E-state index contributed by atoms with van der Waals surface area (Å²) in [4.78, 5) is 12.3. The molecule has 0 atom stereocenters. The lowest BCUT2D eigenvalue weighted by atomic mass is 10.3. The van der Waals surface area contributed by atoms with Crippen molar-refractivity contribution in [1.29, 1.82) is 0 Å². The van der Waals surface area contributed by atoms with Crippen molar-refractivity contribution in [3.05, 3.63) is 24.2 Å². The van der Waals surface area contributed by atoms with Gasteiger partial charge in [0.15, 0.2) is 5.65 Å². The highest BCUT2D eigenvalue weighted by Crippen LogP contribution is 2.12. The molecule has 0 radical (unpaired) electrons. The molecule has 2 heterocycles. The lowest BCUT2D eigenvalue weighted by molar-refractivity contribution is 1.17. The summed E-state index contributed by atoms with van der Waals surface area (Å²) in [7, 11) is 0. The molecule has 0 amide bonds. The summed E-state index contributed by atoms with van der Waals surface area (Å²) in [5.41, 5.74) is 8.49. The first-order valence-electron chi connectivity index (χ1n) is 3.61. The minimum Gasteiger partial charge on any atom is -0.397 e. The van der Waals surface area contributed by atoms with Crippen molar-refractivity contribution >= 4 is 16.9 Å². The van der Waals surface area contributed by atoms with Crippen LogP contribution in [0.5, 0.6) is 0 Å². The third-order valence-electron chi connectivity index (χ3n) is 1.69. The van der Waals surface area contributed by atoms with E-state index in [0.29, 0.717) is 11.3 Å². The Labute approximate surface area is 69.5 Å². The minimum atomic E-state index is 0.643. The molecule has 0 saturated heterocycles. The lowest BCUT2D eigenvalue weighted by Gasteiger charge is -1.99.